The van der Waals surface area contributed by atoms with Crippen LogP contribution in [0.3, 0.4) is 0 Å². The van der Waals surface area contributed by atoms with E-state index in [1.807, 2.05) is 35.0 Å². The fourth-order valence-electron chi connectivity index (χ4n) is 1.12. The molecule has 1 aromatic heterocycles. The summed E-state index contributed by atoms with van der Waals surface area (Å²) in [6, 6.07) is 7.69. The maximum absolute atomic E-state index is 5.76. The van der Waals surface area contributed by atoms with E-state index in [9.17, 15) is 0 Å². The van der Waals surface area contributed by atoms with Gasteiger partial charge in [0.1, 0.15) is 0 Å². The molecule has 0 atom stereocenters. The van der Waals surface area contributed by atoms with E-state index < -0.39 is 0 Å². The predicted molar refractivity (Wildman–Crippen MR) is 48.0 cm³/mol. The Balaban J connectivity index is 2.55. The molecule has 0 aliphatic rings. The highest BCUT2D eigenvalue weighted by Gasteiger charge is 1.97. The van der Waals surface area contributed by atoms with Crippen molar-refractivity contribution in [3.05, 3.63) is 43.0 Å². The molecule has 3 heteroatoms. The second-order valence-corrected chi connectivity index (χ2v) is 2.53. The van der Waals surface area contributed by atoms with Gasteiger partial charge in [0, 0.05) is 12.4 Å². The molecule has 1 heterocycles. The first kappa shape index (κ1) is 6.91. The van der Waals surface area contributed by atoms with E-state index in [4.69, 9.17) is 5.73 Å². The largest absolute Gasteiger partial charge is 0.397 e. The van der Waals surface area contributed by atoms with E-state index >= 15 is 0 Å². The number of benzene rings is 1. The molecule has 0 spiro atoms. The molecule has 2 aromatic rings. The number of nitrogens with zero attached hydrogens (tertiary/aromatic N) is 2. The number of hydrogen-bond donors (Lipinski definition) is 1. The van der Waals surface area contributed by atoms with Crippen molar-refractivity contribution in [2.45, 2.75) is 0 Å². The predicted octanol–water partition coefficient (Wildman–Crippen LogP) is 1.45. The Bertz CT molecular complexity index is 365. The fourth-order valence-corrected chi connectivity index (χ4v) is 1.12. The van der Waals surface area contributed by atoms with Gasteiger partial charge in [-0.25, -0.2) is 4.98 Å². The normalized spacial score (nSPS) is 10.0. The molecule has 0 aliphatic heterocycles. The third-order valence-electron chi connectivity index (χ3n) is 1.72. The van der Waals surface area contributed by atoms with Gasteiger partial charge >= 0.3 is 0 Å². The van der Waals surface area contributed by atoms with Gasteiger partial charge in [0.25, 0.3) is 0 Å². The lowest BCUT2D eigenvalue weighted by Crippen LogP contribution is -1.96. The Morgan fingerprint density at radius 2 is 2.08 bits per heavy atom. The summed E-state index contributed by atoms with van der Waals surface area (Å²) < 4.78 is 1.88. The lowest BCUT2D eigenvalue weighted by molar-refractivity contribution is 1.06. The molecule has 0 bridgehead atoms. The van der Waals surface area contributed by atoms with Crippen LogP contribution in [-0.2, 0) is 0 Å². The van der Waals surface area contributed by atoms with Gasteiger partial charge in [0.2, 0.25) is 0 Å². The minimum absolute atomic E-state index is 0.760. The van der Waals surface area contributed by atoms with E-state index in [2.05, 4.69) is 4.98 Å². The van der Waals surface area contributed by atoms with Gasteiger partial charge in [-0.3, -0.25) is 0 Å². The van der Waals surface area contributed by atoms with Gasteiger partial charge in [-0.15, -0.1) is 0 Å². The summed E-state index contributed by atoms with van der Waals surface area (Å²) in [6.07, 6.45) is 5.32. The van der Waals surface area contributed by atoms with Crippen molar-refractivity contribution in [2.24, 2.45) is 0 Å². The second-order valence-electron chi connectivity index (χ2n) is 2.53. The van der Waals surface area contributed by atoms with Crippen LogP contribution in [0.1, 0.15) is 0 Å². The maximum atomic E-state index is 5.76. The van der Waals surface area contributed by atoms with Gasteiger partial charge in [0.05, 0.1) is 17.7 Å². The zero-order valence-electron chi connectivity index (χ0n) is 6.51. The van der Waals surface area contributed by atoms with Crippen LogP contribution in [0.2, 0.25) is 0 Å². The zero-order valence-corrected chi connectivity index (χ0v) is 6.51. The Kier molecular flexibility index (Phi) is 1.55. The maximum Gasteiger partial charge on any atom is 0.0992 e. The first-order chi connectivity index (χ1) is 5.88. The molecule has 1 aromatic carbocycles. The van der Waals surface area contributed by atoms with Crippen LogP contribution in [0.4, 0.5) is 5.69 Å². The van der Waals surface area contributed by atoms with Crippen LogP contribution in [0.5, 0.6) is 0 Å². The standard InChI is InChI=1S/C9H9N3/c10-8-3-1-2-4-9(8)12-6-5-11-7-12/h1-7H,10H2. The molecule has 3 nitrogen and oxygen atoms in total. The number of para-hydroxylation sites is 2. The van der Waals surface area contributed by atoms with Crippen LogP contribution in [0.25, 0.3) is 5.69 Å². The second kappa shape index (κ2) is 2.70. The number of rotatable bonds is 1. The minimum Gasteiger partial charge on any atom is -0.397 e. The Morgan fingerprint density at radius 1 is 1.25 bits per heavy atom. The van der Waals surface area contributed by atoms with Crippen molar-refractivity contribution >= 4 is 5.69 Å². The Hall–Kier alpha value is -1.77. The van der Waals surface area contributed by atoms with E-state index in [0.717, 1.165) is 11.4 Å². The third-order valence-corrected chi connectivity index (χ3v) is 1.72. The number of hydrogen-bond acceptors (Lipinski definition) is 2. The highest BCUT2D eigenvalue weighted by molar-refractivity contribution is 5.57. The number of aromatic nitrogens is 2. The van der Waals surface area contributed by atoms with Gasteiger partial charge in [-0.05, 0) is 12.1 Å². The summed E-state index contributed by atoms with van der Waals surface area (Å²) in [5, 5.41) is 0. The summed E-state index contributed by atoms with van der Waals surface area (Å²) in [5.74, 6) is 0. The summed E-state index contributed by atoms with van der Waals surface area (Å²) in [7, 11) is 0. The highest BCUT2D eigenvalue weighted by Crippen LogP contribution is 2.14. The fraction of sp³-hybridized carbons (Fsp3) is 0. The smallest absolute Gasteiger partial charge is 0.0992 e. The first-order valence-electron chi connectivity index (χ1n) is 3.71. The molecule has 0 unspecified atom stereocenters. The van der Waals surface area contributed by atoms with Crippen LogP contribution >= 0.6 is 0 Å². The van der Waals surface area contributed by atoms with Gasteiger partial charge in [0.15, 0.2) is 0 Å². The van der Waals surface area contributed by atoms with Crippen LogP contribution < -0.4 is 5.73 Å². The van der Waals surface area contributed by atoms with E-state index in [-0.39, 0.29) is 0 Å². The quantitative estimate of drug-likeness (QED) is 0.640. The monoisotopic (exact) mass is 159 g/mol. The molecule has 0 saturated heterocycles. The van der Waals surface area contributed by atoms with E-state index in [0.29, 0.717) is 0 Å². The van der Waals surface area contributed by atoms with Crippen molar-refractivity contribution in [3.8, 4) is 5.69 Å². The van der Waals surface area contributed by atoms with Gasteiger partial charge in [-0.2, -0.15) is 0 Å². The molecule has 2 rings (SSSR count). The van der Waals surface area contributed by atoms with E-state index in [1.165, 1.54) is 0 Å². The van der Waals surface area contributed by atoms with Crippen LogP contribution in [-0.4, -0.2) is 9.55 Å². The lowest BCUT2D eigenvalue weighted by Gasteiger charge is -2.04. The average Bonchev–Trinajstić information content (AvgIpc) is 2.57. The third kappa shape index (κ3) is 1.05. The van der Waals surface area contributed by atoms with Gasteiger partial charge in [-0.1, -0.05) is 12.1 Å². The number of anilines is 1. The SMILES string of the molecule is Nc1ccccc1-n1ccnc1. The summed E-state index contributed by atoms with van der Waals surface area (Å²) >= 11 is 0. The molecular formula is C9H9N3. The molecule has 0 radical (unpaired) electrons. The number of nitrogens with two attached hydrogens (primary N) is 1. The molecule has 0 fully saturated rings. The molecule has 0 amide bonds. The molecule has 0 saturated carbocycles. The number of nitrogen functional groups attached to an aromatic ring is 1. The average molecular weight is 159 g/mol. The molecule has 12 heavy (non-hydrogen) atoms. The topological polar surface area (TPSA) is 43.8 Å². The molecular weight excluding hydrogens is 150 g/mol. The van der Waals surface area contributed by atoms with Crippen molar-refractivity contribution in [1.82, 2.24) is 9.55 Å². The summed E-state index contributed by atoms with van der Waals surface area (Å²) in [5.41, 5.74) is 7.49. The summed E-state index contributed by atoms with van der Waals surface area (Å²) in [6.45, 7) is 0. The van der Waals surface area contributed by atoms with E-state index in [1.54, 1.807) is 12.5 Å². The molecule has 60 valence electrons. The Labute approximate surface area is 70.5 Å². The molecule has 2 N–H and O–H groups in total. The van der Waals surface area contributed by atoms with Crippen LogP contribution in [0, 0.1) is 0 Å². The van der Waals surface area contributed by atoms with Crippen molar-refractivity contribution in [2.75, 3.05) is 5.73 Å². The summed E-state index contributed by atoms with van der Waals surface area (Å²) in [4.78, 5) is 3.95. The van der Waals surface area contributed by atoms with Crippen molar-refractivity contribution in [1.29, 1.82) is 0 Å². The van der Waals surface area contributed by atoms with Crippen LogP contribution in [0.15, 0.2) is 43.0 Å². The lowest BCUT2D eigenvalue weighted by atomic mass is 10.3. The van der Waals surface area contributed by atoms with Crippen molar-refractivity contribution in [3.63, 3.8) is 0 Å². The first-order valence-corrected chi connectivity index (χ1v) is 3.71. The molecule has 0 aliphatic carbocycles. The van der Waals surface area contributed by atoms with Gasteiger partial charge < -0.3 is 10.3 Å². The van der Waals surface area contributed by atoms with Crippen molar-refractivity contribution < 1.29 is 0 Å². The zero-order chi connectivity index (χ0) is 8.39. The number of imidazole rings is 1. The highest BCUT2D eigenvalue weighted by atomic mass is 15.0. The minimum atomic E-state index is 0.760. The Morgan fingerprint density at radius 3 is 2.75 bits per heavy atom.